The summed E-state index contributed by atoms with van der Waals surface area (Å²) in [6, 6.07) is 0. The normalized spacial score (nSPS) is 13.2. The Morgan fingerprint density at radius 1 is 1.60 bits per heavy atom. The van der Waals surface area contributed by atoms with Crippen molar-refractivity contribution in [3.05, 3.63) is 16.7 Å². The number of nitrogen functional groups attached to an aromatic ring is 1. The fourth-order valence-corrected chi connectivity index (χ4v) is 2.10. The summed E-state index contributed by atoms with van der Waals surface area (Å²) in [6.45, 7) is 2.82. The Bertz CT molecular complexity index is 640. The van der Waals surface area contributed by atoms with E-state index in [-0.39, 0.29) is 29.3 Å². The molecule has 0 aromatic carbocycles. The number of fused-ring (bicyclic) bond motifs is 1. The van der Waals surface area contributed by atoms with E-state index < -0.39 is 8.38 Å². The maximum Gasteiger partial charge on any atom is 0.280 e. The predicted octanol–water partition coefficient (Wildman–Crippen LogP) is -0.392. The number of hydrogen-bond acceptors (Lipinski definition) is 7. The number of imidazole rings is 1. The fraction of sp³-hybridized carbons (Fsp3) is 0.500. The van der Waals surface area contributed by atoms with Crippen LogP contribution in [0.2, 0.25) is 0 Å². The van der Waals surface area contributed by atoms with Gasteiger partial charge in [-0.15, -0.1) is 0 Å². The van der Waals surface area contributed by atoms with Gasteiger partial charge in [0, 0.05) is 6.54 Å². The summed E-state index contributed by atoms with van der Waals surface area (Å²) in [5.74, 6) is 0.129. The van der Waals surface area contributed by atoms with Crippen LogP contribution in [0.1, 0.15) is 6.92 Å². The van der Waals surface area contributed by atoms with Crippen molar-refractivity contribution in [1.29, 1.82) is 0 Å². The van der Waals surface area contributed by atoms with Gasteiger partial charge in [0.05, 0.1) is 12.9 Å². The van der Waals surface area contributed by atoms with Gasteiger partial charge in [-0.25, -0.2) is 4.98 Å². The van der Waals surface area contributed by atoms with Crippen LogP contribution >= 0.6 is 8.38 Å². The second-order valence-electron chi connectivity index (χ2n) is 4.50. The summed E-state index contributed by atoms with van der Waals surface area (Å²) in [4.78, 5) is 39.6. The summed E-state index contributed by atoms with van der Waals surface area (Å²) in [5.41, 5.74) is 5.80. The van der Waals surface area contributed by atoms with Crippen molar-refractivity contribution in [3.63, 3.8) is 0 Å². The molecule has 0 aliphatic heterocycles. The molecule has 110 valence electrons. The van der Waals surface area contributed by atoms with Crippen molar-refractivity contribution in [3.8, 4) is 0 Å². The van der Waals surface area contributed by atoms with Crippen molar-refractivity contribution >= 4 is 25.5 Å². The third kappa shape index (κ3) is 3.51. The molecule has 1 unspecified atom stereocenters. The van der Waals surface area contributed by atoms with E-state index in [2.05, 4.69) is 15.0 Å². The van der Waals surface area contributed by atoms with Crippen molar-refractivity contribution in [2.24, 2.45) is 5.92 Å². The summed E-state index contributed by atoms with van der Waals surface area (Å²) in [5, 5.41) is 0. The van der Waals surface area contributed by atoms with E-state index in [0.717, 1.165) is 0 Å². The maximum atomic E-state index is 11.6. The SMILES string of the molecule is CC(COCP(O)O)Cn1cnc2c(=O)[nH]c(N)nc21. The van der Waals surface area contributed by atoms with Crippen molar-refractivity contribution in [2.45, 2.75) is 13.5 Å². The van der Waals surface area contributed by atoms with Crippen LogP contribution in [0.4, 0.5) is 5.95 Å². The molecule has 0 amide bonds. The van der Waals surface area contributed by atoms with Crippen LogP contribution in [0.15, 0.2) is 11.1 Å². The number of nitrogens with two attached hydrogens (primary N) is 1. The van der Waals surface area contributed by atoms with Gasteiger partial charge in [0.1, 0.15) is 6.35 Å². The molecule has 2 aromatic rings. The molecule has 0 aliphatic rings. The van der Waals surface area contributed by atoms with Gasteiger partial charge in [-0.1, -0.05) is 6.92 Å². The van der Waals surface area contributed by atoms with Crippen LogP contribution in [0.25, 0.3) is 11.2 Å². The Kier molecular flexibility index (Phi) is 4.66. The zero-order valence-electron chi connectivity index (χ0n) is 10.9. The molecule has 2 heterocycles. The minimum absolute atomic E-state index is 0.0411. The molecule has 1 atom stereocenters. The van der Waals surface area contributed by atoms with E-state index in [4.69, 9.17) is 20.3 Å². The zero-order valence-corrected chi connectivity index (χ0v) is 11.7. The first kappa shape index (κ1) is 14.9. The standard InChI is InChI=1S/C10H16N5O4P/c1-6(3-19-5-20(17)18)2-15-4-12-7-8(15)13-10(11)14-9(7)16/h4,6,17-18H,2-3,5H2,1H3,(H3,11,13,14,16). The third-order valence-electron chi connectivity index (χ3n) is 2.61. The van der Waals surface area contributed by atoms with Crippen LogP contribution in [0, 0.1) is 5.92 Å². The number of nitrogens with one attached hydrogen (secondary N) is 1. The first-order valence-electron chi connectivity index (χ1n) is 5.91. The number of aromatic amines is 1. The number of aromatic nitrogens is 4. The van der Waals surface area contributed by atoms with E-state index in [9.17, 15) is 4.79 Å². The highest BCUT2D eigenvalue weighted by Gasteiger charge is 2.12. The Morgan fingerprint density at radius 2 is 2.35 bits per heavy atom. The van der Waals surface area contributed by atoms with Crippen molar-refractivity contribution < 1.29 is 14.5 Å². The number of rotatable bonds is 6. The molecule has 5 N–H and O–H groups in total. The van der Waals surface area contributed by atoms with Crippen molar-refractivity contribution in [2.75, 3.05) is 18.7 Å². The average molecular weight is 301 g/mol. The maximum absolute atomic E-state index is 11.6. The number of ether oxygens (including phenoxy) is 1. The van der Waals surface area contributed by atoms with Gasteiger partial charge in [0.15, 0.2) is 19.5 Å². The monoisotopic (exact) mass is 301 g/mol. The lowest BCUT2D eigenvalue weighted by Gasteiger charge is -2.13. The topological polar surface area (TPSA) is 139 Å². The highest BCUT2D eigenvalue weighted by Crippen LogP contribution is 2.22. The Balaban J connectivity index is 2.08. The molecule has 2 aromatic heterocycles. The van der Waals surface area contributed by atoms with E-state index in [1.165, 1.54) is 6.33 Å². The van der Waals surface area contributed by atoms with Crippen LogP contribution in [-0.4, -0.2) is 42.3 Å². The van der Waals surface area contributed by atoms with Gasteiger partial charge >= 0.3 is 0 Å². The first-order chi connectivity index (χ1) is 9.47. The zero-order chi connectivity index (χ0) is 14.7. The largest absolute Gasteiger partial charge is 0.372 e. The summed E-state index contributed by atoms with van der Waals surface area (Å²) in [6.07, 6.45) is 1.45. The molecule has 0 fully saturated rings. The van der Waals surface area contributed by atoms with Gasteiger partial charge in [-0.3, -0.25) is 9.78 Å². The van der Waals surface area contributed by atoms with Gasteiger partial charge in [0.2, 0.25) is 5.95 Å². The first-order valence-corrected chi connectivity index (χ1v) is 7.34. The molecule has 9 nitrogen and oxygen atoms in total. The molecule has 0 aliphatic carbocycles. The lowest BCUT2D eigenvalue weighted by Crippen LogP contribution is -2.16. The van der Waals surface area contributed by atoms with E-state index in [1.54, 1.807) is 4.57 Å². The van der Waals surface area contributed by atoms with Gasteiger partial charge in [-0.2, -0.15) is 4.98 Å². The van der Waals surface area contributed by atoms with Crippen LogP contribution in [-0.2, 0) is 11.3 Å². The number of H-pyrrole nitrogens is 1. The van der Waals surface area contributed by atoms with E-state index in [1.807, 2.05) is 6.92 Å². The van der Waals surface area contributed by atoms with Crippen LogP contribution in [0.3, 0.4) is 0 Å². The third-order valence-corrected chi connectivity index (χ3v) is 3.02. The Morgan fingerprint density at radius 3 is 3.05 bits per heavy atom. The van der Waals surface area contributed by atoms with E-state index in [0.29, 0.717) is 18.8 Å². The summed E-state index contributed by atoms with van der Waals surface area (Å²) in [7, 11) is -2.03. The molecule has 0 bridgehead atoms. The lowest BCUT2D eigenvalue weighted by atomic mass is 10.2. The molecular weight excluding hydrogens is 285 g/mol. The van der Waals surface area contributed by atoms with Crippen LogP contribution in [0.5, 0.6) is 0 Å². The fourth-order valence-electron chi connectivity index (χ4n) is 1.83. The molecule has 0 saturated carbocycles. The van der Waals surface area contributed by atoms with Crippen LogP contribution < -0.4 is 11.3 Å². The Hall–Kier alpha value is -1.54. The Labute approximate surface area is 115 Å². The quantitative estimate of drug-likeness (QED) is 0.533. The smallest absolute Gasteiger partial charge is 0.280 e. The minimum Gasteiger partial charge on any atom is -0.372 e. The highest BCUT2D eigenvalue weighted by atomic mass is 31.2. The summed E-state index contributed by atoms with van der Waals surface area (Å²) < 4.78 is 6.87. The van der Waals surface area contributed by atoms with Gasteiger partial charge < -0.3 is 24.8 Å². The number of hydrogen-bond donors (Lipinski definition) is 4. The van der Waals surface area contributed by atoms with E-state index >= 15 is 0 Å². The molecule has 0 spiro atoms. The molecular formula is C10H16N5O4P. The molecule has 20 heavy (non-hydrogen) atoms. The average Bonchev–Trinajstić information content (AvgIpc) is 2.72. The second kappa shape index (κ2) is 6.27. The number of nitrogens with zero attached hydrogens (tertiary/aromatic N) is 3. The predicted molar refractivity (Wildman–Crippen MR) is 73.9 cm³/mol. The highest BCUT2D eigenvalue weighted by molar-refractivity contribution is 7.44. The lowest BCUT2D eigenvalue weighted by molar-refractivity contribution is 0.128. The molecule has 2 rings (SSSR count). The number of anilines is 1. The second-order valence-corrected chi connectivity index (χ2v) is 5.50. The molecule has 0 radical (unpaired) electrons. The summed E-state index contributed by atoms with van der Waals surface area (Å²) >= 11 is 0. The van der Waals surface area contributed by atoms with Gasteiger partial charge in [0.25, 0.3) is 5.56 Å². The van der Waals surface area contributed by atoms with Crippen molar-refractivity contribution in [1.82, 2.24) is 19.5 Å². The molecule has 0 saturated heterocycles. The van der Waals surface area contributed by atoms with Gasteiger partial charge in [-0.05, 0) is 5.92 Å². The minimum atomic E-state index is -2.03. The molecule has 10 heteroatoms.